The molecule has 0 radical (unpaired) electrons. The van der Waals surface area contributed by atoms with E-state index in [-0.39, 0.29) is 12.3 Å². The maximum atomic E-state index is 12.0. The minimum atomic E-state index is -0.118. The molecule has 0 saturated carbocycles. The number of nitrogens with zero attached hydrogens (tertiary/aromatic N) is 1. The molecule has 2 aromatic heterocycles. The molecule has 0 aliphatic rings. The van der Waals surface area contributed by atoms with Crippen molar-refractivity contribution in [3.63, 3.8) is 0 Å². The van der Waals surface area contributed by atoms with Crippen LogP contribution < -0.4 is 5.32 Å². The number of nitrogens with one attached hydrogen (secondary N) is 1. The second-order valence-corrected chi connectivity index (χ2v) is 4.92. The molecule has 0 bridgehead atoms. The first kappa shape index (κ1) is 14.1. The molecule has 5 nitrogen and oxygen atoms in total. The summed E-state index contributed by atoms with van der Waals surface area (Å²) in [5.41, 5.74) is 1.55. The quantitative estimate of drug-likeness (QED) is 0.785. The standard InChI is InChI=1S/C17H16N2O3/c1-12-15(10-16(20)18-11-14-8-5-9-21-14)19-17(22-12)13-6-3-2-4-7-13/h2-9H,10-11H2,1H3,(H,18,20). The molecule has 3 aromatic rings. The van der Waals surface area contributed by atoms with Crippen molar-refractivity contribution < 1.29 is 13.6 Å². The largest absolute Gasteiger partial charge is 0.467 e. The number of aromatic nitrogens is 1. The number of benzene rings is 1. The SMILES string of the molecule is Cc1oc(-c2ccccc2)nc1CC(=O)NCc1ccco1. The van der Waals surface area contributed by atoms with Gasteiger partial charge >= 0.3 is 0 Å². The van der Waals surface area contributed by atoms with Crippen LogP contribution in [0.2, 0.25) is 0 Å². The lowest BCUT2D eigenvalue weighted by molar-refractivity contribution is -0.120. The van der Waals surface area contributed by atoms with Crippen molar-refractivity contribution in [1.29, 1.82) is 0 Å². The second-order valence-electron chi connectivity index (χ2n) is 4.92. The third-order valence-corrected chi connectivity index (χ3v) is 3.28. The zero-order valence-electron chi connectivity index (χ0n) is 12.2. The van der Waals surface area contributed by atoms with E-state index in [1.54, 1.807) is 12.3 Å². The van der Waals surface area contributed by atoms with Crippen molar-refractivity contribution >= 4 is 5.91 Å². The van der Waals surface area contributed by atoms with Gasteiger partial charge in [0.15, 0.2) is 0 Å². The van der Waals surface area contributed by atoms with Gasteiger partial charge in [0.25, 0.3) is 0 Å². The van der Waals surface area contributed by atoms with E-state index < -0.39 is 0 Å². The van der Waals surface area contributed by atoms with Gasteiger partial charge in [-0.15, -0.1) is 0 Å². The summed E-state index contributed by atoms with van der Waals surface area (Å²) in [6, 6.07) is 13.2. The number of furan rings is 1. The predicted octanol–water partition coefficient (Wildman–Crippen LogP) is 3.10. The summed E-state index contributed by atoms with van der Waals surface area (Å²) in [7, 11) is 0. The fraction of sp³-hybridized carbons (Fsp3) is 0.176. The highest BCUT2D eigenvalue weighted by Crippen LogP contribution is 2.21. The van der Waals surface area contributed by atoms with Crippen LogP contribution in [-0.4, -0.2) is 10.9 Å². The summed E-state index contributed by atoms with van der Waals surface area (Å²) < 4.78 is 10.8. The normalized spacial score (nSPS) is 10.6. The van der Waals surface area contributed by atoms with E-state index in [4.69, 9.17) is 8.83 Å². The van der Waals surface area contributed by atoms with Gasteiger partial charge in [-0.1, -0.05) is 18.2 Å². The van der Waals surface area contributed by atoms with E-state index in [1.165, 1.54) is 0 Å². The van der Waals surface area contributed by atoms with E-state index in [1.807, 2.05) is 43.3 Å². The van der Waals surface area contributed by atoms with Crippen LogP contribution in [0, 0.1) is 6.92 Å². The molecule has 0 aliphatic carbocycles. The number of hydrogen-bond acceptors (Lipinski definition) is 4. The van der Waals surface area contributed by atoms with Crippen molar-refractivity contribution in [3.8, 4) is 11.5 Å². The van der Waals surface area contributed by atoms with Gasteiger partial charge in [0.05, 0.1) is 24.9 Å². The van der Waals surface area contributed by atoms with Gasteiger partial charge in [-0.2, -0.15) is 0 Å². The number of amides is 1. The number of carbonyl (C=O) groups excluding carboxylic acids is 1. The first-order valence-electron chi connectivity index (χ1n) is 7.03. The van der Waals surface area contributed by atoms with Gasteiger partial charge in [-0.3, -0.25) is 4.79 Å². The molecule has 2 heterocycles. The number of oxazole rings is 1. The Morgan fingerprint density at radius 3 is 2.73 bits per heavy atom. The average molecular weight is 296 g/mol. The van der Waals surface area contributed by atoms with Gasteiger partial charge in [0.2, 0.25) is 11.8 Å². The Morgan fingerprint density at radius 2 is 2.00 bits per heavy atom. The Kier molecular flexibility index (Phi) is 4.05. The van der Waals surface area contributed by atoms with Crippen molar-refractivity contribution in [3.05, 3.63) is 65.9 Å². The third-order valence-electron chi connectivity index (χ3n) is 3.28. The zero-order valence-corrected chi connectivity index (χ0v) is 12.2. The second kappa shape index (κ2) is 6.30. The Labute approximate surface area is 128 Å². The number of carbonyl (C=O) groups is 1. The summed E-state index contributed by atoms with van der Waals surface area (Å²) in [6.45, 7) is 2.18. The maximum Gasteiger partial charge on any atom is 0.226 e. The monoisotopic (exact) mass is 296 g/mol. The van der Waals surface area contributed by atoms with Crippen LogP contribution in [-0.2, 0) is 17.8 Å². The van der Waals surface area contributed by atoms with Gasteiger partial charge < -0.3 is 14.2 Å². The zero-order chi connectivity index (χ0) is 15.4. The molecule has 22 heavy (non-hydrogen) atoms. The number of hydrogen-bond donors (Lipinski definition) is 1. The molecule has 1 N–H and O–H groups in total. The van der Waals surface area contributed by atoms with Crippen LogP contribution in [0.4, 0.5) is 0 Å². The van der Waals surface area contributed by atoms with E-state index in [9.17, 15) is 4.79 Å². The lowest BCUT2D eigenvalue weighted by Gasteiger charge is -2.01. The minimum absolute atomic E-state index is 0.118. The molecule has 1 amide bonds. The van der Waals surface area contributed by atoms with E-state index in [2.05, 4.69) is 10.3 Å². The van der Waals surface area contributed by atoms with Crippen LogP contribution in [0.5, 0.6) is 0 Å². The van der Waals surface area contributed by atoms with E-state index in [0.717, 1.165) is 11.3 Å². The highest BCUT2D eigenvalue weighted by atomic mass is 16.4. The van der Waals surface area contributed by atoms with Crippen LogP contribution in [0.25, 0.3) is 11.5 Å². The van der Waals surface area contributed by atoms with Crippen molar-refractivity contribution in [2.45, 2.75) is 19.9 Å². The van der Waals surface area contributed by atoms with Gasteiger partial charge in [0, 0.05) is 5.56 Å². The Morgan fingerprint density at radius 1 is 1.18 bits per heavy atom. The van der Waals surface area contributed by atoms with Crippen molar-refractivity contribution in [2.75, 3.05) is 0 Å². The van der Waals surface area contributed by atoms with Crippen molar-refractivity contribution in [1.82, 2.24) is 10.3 Å². The first-order valence-corrected chi connectivity index (χ1v) is 7.03. The number of aryl methyl sites for hydroxylation is 1. The van der Waals surface area contributed by atoms with E-state index in [0.29, 0.717) is 23.9 Å². The smallest absolute Gasteiger partial charge is 0.226 e. The summed E-state index contributed by atoms with van der Waals surface area (Å²) in [5.74, 6) is 1.79. The molecule has 0 aliphatic heterocycles. The third kappa shape index (κ3) is 3.25. The molecule has 0 spiro atoms. The lowest BCUT2D eigenvalue weighted by Crippen LogP contribution is -2.24. The summed E-state index contributed by atoms with van der Waals surface area (Å²) in [5, 5.41) is 2.80. The van der Waals surface area contributed by atoms with Gasteiger partial charge in [-0.25, -0.2) is 4.98 Å². The summed E-state index contributed by atoms with van der Waals surface area (Å²) in [4.78, 5) is 16.4. The van der Waals surface area contributed by atoms with Crippen LogP contribution in [0.3, 0.4) is 0 Å². The van der Waals surface area contributed by atoms with Crippen molar-refractivity contribution in [2.24, 2.45) is 0 Å². The maximum absolute atomic E-state index is 12.0. The molecule has 0 saturated heterocycles. The Balaban J connectivity index is 1.65. The fourth-order valence-corrected chi connectivity index (χ4v) is 2.11. The fourth-order valence-electron chi connectivity index (χ4n) is 2.11. The lowest BCUT2D eigenvalue weighted by atomic mass is 10.2. The molecule has 1 aromatic carbocycles. The molecule has 112 valence electrons. The minimum Gasteiger partial charge on any atom is -0.467 e. The summed E-state index contributed by atoms with van der Waals surface area (Å²) >= 11 is 0. The molecule has 0 unspecified atom stereocenters. The topological polar surface area (TPSA) is 68.3 Å². The Hall–Kier alpha value is -2.82. The molecular formula is C17H16N2O3. The molecule has 0 atom stereocenters. The van der Waals surface area contributed by atoms with Crippen LogP contribution in [0.1, 0.15) is 17.2 Å². The predicted molar refractivity (Wildman–Crippen MR) is 80.9 cm³/mol. The Bertz CT molecular complexity index is 746. The van der Waals surface area contributed by atoms with Gasteiger partial charge in [-0.05, 0) is 31.2 Å². The highest BCUT2D eigenvalue weighted by Gasteiger charge is 2.14. The number of rotatable bonds is 5. The van der Waals surface area contributed by atoms with Crippen LogP contribution in [0.15, 0.2) is 57.6 Å². The average Bonchev–Trinajstić information content (AvgIpc) is 3.17. The van der Waals surface area contributed by atoms with E-state index >= 15 is 0 Å². The highest BCUT2D eigenvalue weighted by molar-refractivity contribution is 5.78. The van der Waals surface area contributed by atoms with Crippen LogP contribution >= 0.6 is 0 Å². The molecule has 5 heteroatoms. The summed E-state index contributed by atoms with van der Waals surface area (Å²) in [6.07, 6.45) is 1.76. The molecule has 3 rings (SSSR count). The van der Waals surface area contributed by atoms with Gasteiger partial charge in [0.1, 0.15) is 11.5 Å². The molecular weight excluding hydrogens is 280 g/mol. The first-order chi connectivity index (χ1) is 10.7. The molecule has 0 fully saturated rings.